The van der Waals surface area contributed by atoms with E-state index in [0.29, 0.717) is 17.7 Å². The monoisotopic (exact) mass is 439 g/mol. The van der Waals surface area contributed by atoms with Crippen LogP contribution in [0, 0.1) is 11.3 Å². The second-order valence-electron chi connectivity index (χ2n) is 7.74. The van der Waals surface area contributed by atoms with E-state index in [2.05, 4.69) is 22.4 Å². The highest BCUT2D eigenvalue weighted by atomic mass is 16.5. The molecule has 1 aromatic heterocycles. The van der Waals surface area contributed by atoms with E-state index >= 15 is 0 Å². The number of ether oxygens (including phenoxy) is 2. The summed E-state index contributed by atoms with van der Waals surface area (Å²) in [6, 6.07) is 23.1. The lowest BCUT2D eigenvalue weighted by molar-refractivity contribution is 0.0600. The first-order valence-electron chi connectivity index (χ1n) is 10.8. The highest BCUT2D eigenvalue weighted by molar-refractivity contribution is 5.89. The summed E-state index contributed by atoms with van der Waals surface area (Å²) in [5.74, 6) is 0.470. The summed E-state index contributed by atoms with van der Waals surface area (Å²) in [4.78, 5) is 14.8. The Morgan fingerprint density at radius 2 is 1.91 bits per heavy atom. The molecule has 4 rings (SSSR count). The molecule has 4 aromatic rings. The number of hydrogen-bond acceptors (Lipinski definition) is 5. The molecule has 0 atom stereocenters. The maximum Gasteiger partial charge on any atom is 0.337 e. The van der Waals surface area contributed by atoms with Crippen molar-refractivity contribution in [3.63, 3.8) is 0 Å². The van der Waals surface area contributed by atoms with Gasteiger partial charge in [-0.15, -0.1) is 0 Å². The number of carbonyl (C=O) groups excluding carboxylic acids is 1. The van der Waals surface area contributed by atoms with Gasteiger partial charge in [0.2, 0.25) is 0 Å². The topological polar surface area (TPSA) is 87.1 Å². The Morgan fingerprint density at radius 1 is 1.06 bits per heavy atom. The van der Waals surface area contributed by atoms with Gasteiger partial charge in [-0.05, 0) is 72.1 Å². The minimum absolute atomic E-state index is 0.326. The first kappa shape index (κ1) is 22.1. The second-order valence-corrected chi connectivity index (χ2v) is 7.74. The number of carbonyl (C=O) groups is 1. The van der Waals surface area contributed by atoms with Gasteiger partial charge in [0, 0.05) is 23.6 Å². The van der Waals surface area contributed by atoms with Crippen LogP contribution in [0.5, 0.6) is 5.75 Å². The number of hydrogen-bond donors (Lipinski definition) is 2. The zero-order chi connectivity index (χ0) is 23.0. The summed E-state index contributed by atoms with van der Waals surface area (Å²) in [6.45, 7) is 1.95. The number of H-pyrrole nitrogens is 1. The van der Waals surface area contributed by atoms with E-state index in [4.69, 9.17) is 14.7 Å². The maximum absolute atomic E-state index is 11.5. The van der Waals surface area contributed by atoms with E-state index in [1.165, 1.54) is 12.7 Å². The molecule has 0 saturated carbocycles. The summed E-state index contributed by atoms with van der Waals surface area (Å²) in [5.41, 5.74) is 5.55. The van der Waals surface area contributed by atoms with E-state index in [9.17, 15) is 4.79 Å². The first-order chi connectivity index (χ1) is 16.2. The SMILES string of the molecule is COC(=O)c1ccc(CNCCc2c[nH]c3ccc(OCc4cccc(C#N)c4)cc23)cc1. The van der Waals surface area contributed by atoms with Crippen molar-refractivity contribution in [3.8, 4) is 11.8 Å². The Hall–Kier alpha value is -4.08. The van der Waals surface area contributed by atoms with Crippen LogP contribution in [0.3, 0.4) is 0 Å². The van der Waals surface area contributed by atoms with Crippen LogP contribution in [0.4, 0.5) is 0 Å². The van der Waals surface area contributed by atoms with Gasteiger partial charge in [-0.2, -0.15) is 5.26 Å². The van der Waals surface area contributed by atoms with Crippen LogP contribution in [0.25, 0.3) is 10.9 Å². The number of nitriles is 1. The maximum atomic E-state index is 11.5. The summed E-state index contributed by atoms with van der Waals surface area (Å²) < 4.78 is 10.7. The number of aromatic nitrogens is 1. The number of esters is 1. The molecule has 2 N–H and O–H groups in total. The molecule has 0 aliphatic carbocycles. The molecule has 0 aliphatic heterocycles. The van der Waals surface area contributed by atoms with Crippen molar-refractivity contribution < 1.29 is 14.3 Å². The van der Waals surface area contributed by atoms with E-state index in [0.717, 1.165) is 47.3 Å². The Kier molecular flexibility index (Phi) is 7.03. The third kappa shape index (κ3) is 5.59. The van der Waals surface area contributed by atoms with Gasteiger partial charge in [-0.1, -0.05) is 24.3 Å². The van der Waals surface area contributed by atoms with E-state index in [-0.39, 0.29) is 5.97 Å². The van der Waals surface area contributed by atoms with Gasteiger partial charge in [0.05, 0.1) is 24.3 Å². The van der Waals surface area contributed by atoms with Crippen molar-refractivity contribution in [2.75, 3.05) is 13.7 Å². The molecule has 0 unspecified atom stereocenters. The molecule has 0 aliphatic rings. The Balaban J connectivity index is 1.32. The van der Waals surface area contributed by atoms with Crippen LogP contribution in [0.15, 0.2) is 72.9 Å². The molecule has 6 nitrogen and oxygen atoms in total. The molecule has 0 bridgehead atoms. The van der Waals surface area contributed by atoms with Gasteiger partial charge in [0.15, 0.2) is 0 Å². The number of methoxy groups -OCH3 is 1. The summed E-state index contributed by atoms with van der Waals surface area (Å²) >= 11 is 0. The van der Waals surface area contributed by atoms with E-state index < -0.39 is 0 Å². The number of nitrogens with one attached hydrogen (secondary N) is 2. The number of nitrogens with zero attached hydrogens (tertiary/aromatic N) is 1. The zero-order valence-corrected chi connectivity index (χ0v) is 18.4. The fraction of sp³-hybridized carbons (Fsp3) is 0.185. The predicted molar refractivity (Wildman–Crippen MR) is 127 cm³/mol. The van der Waals surface area contributed by atoms with Gasteiger partial charge >= 0.3 is 5.97 Å². The summed E-state index contributed by atoms with van der Waals surface area (Å²) in [5, 5.41) is 13.6. The van der Waals surface area contributed by atoms with Gasteiger partial charge in [-0.3, -0.25) is 0 Å². The van der Waals surface area contributed by atoms with Crippen molar-refractivity contribution in [2.45, 2.75) is 19.6 Å². The molecule has 3 aromatic carbocycles. The van der Waals surface area contributed by atoms with Crippen LogP contribution < -0.4 is 10.1 Å². The third-order valence-electron chi connectivity index (χ3n) is 5.48. The Morgan fingerprint density at radius 3 is 2.70 bits per heavy atom. The lowest BCUT2D eigenvalue weighted by atomic mass is 10.1. The molecular formula is C27H25N3O3. The molecule has 0 fully saturated rings. The molecular weight excluding hydrogens is 414 g/mol. The smallest absolute Gasteiger partial charge is 0.337 e. The summed E-state index contributed by atoms with van der Waals surface area (Å²) in [6.07, 6.45) is 2.91. The zero-order valence-electron chi connectivity index (χ0n) is 18.4. The van der Waals surface area contributed by atoms with Crippen molar-refractivity contribution in [1.82, 2.24) is 10.3 Å². The summed E-state index contributed by atoms with van der Waals surface area (Å²) in [7, 11) is 1.38. The standard InChI is InChI=1S/C27H25N3O3/c1-32-27(31)22-7-5-19(6-8-22)16-29-12-11-23-17-30-26-10-9-24(14-25(23)26)33-18-21-4-2-3-20(13-21)15-28/h2-10,13-14,17,29-30H,11-12,16,18H2,1H3. The molecule has 33 heavy (non-hydrogen) atoms. The number of aromatic amines is 1. The van der Waals surface area contributed by atoms with Crippen LogP contribution in [-0.2, 0) is 24.3 Å². The molecule has 0 saturated heterocycles. The van der Waals surface area contributed by atoms with Crippen molar-refractivity contribution in [1.29, 1.82) is 5.26 Å². The highest BCUT2D eigenvalue weighted by Crippen LogP contribution is 2.25. The molecule has 1 heterocycles. The fourth-order valence-corrected chi connectivity index (χ4v) is 3.68. The highest BCUT2D eigenvalue weighted by Gasteiger charge is 2.07. The Bertz CT molecular complexity index is 1290. The number of rotatable bonds is 9. The minimum atomic E-state index is -0.326. The first-order valence-corrected chi connectivity index (χ1v) is 10.8. The average Bonchev–Trinajstić information content (AvgIpc) is 3.27. The van der Waals surface area contributed by atoms with Crippen LogP contribution in [-0.4, -0.2) is 24.6 Å². The fourth-order valence-electron chi connectivity index (χ4n) is 3.68. The number of benzene rings is 3. The minimum Gasteiger partial charge on any atom is -0.489 e. The van der Waals surface area contributed by atoms with Crippen molar-refractivity contribution in [2.24, 2.45) is 0 Å². The average molecular weight is 440 g/mol. The Labute approximate surface area is 192 Å². The normalized spacial score (nSPS) is 10.7. The van der Waals surface area contributed by atoms with Crippen LogP contribution >= 0.6 is 0 Å². The van der Waals surface area contributed by atoms with Gasteiger partial charge < -0.3 is 19.8 Å². The van der Waals surface area contributed by atoms with Gasteiger partial charge in [0.1, 0.15) is 12.4 Å². The quantitative estimate of drug-likeness (QED) is 0.291. The lowest BCUT2D eigenvalue weighted by Gasteiger charge is -2.08. The molecule has 0 amide bonds. The molecule has 166 valence electrons. The largest absolute Gasteiger partial charge is 0.489 e. The predicted octanol–water partition coefficient (Wildman–Crippen LogP) is 4.74. The number of fused-ring (bicyclic) bond motifs is 1. The van der Waals surface area contributed by atoms with Crippen molar-refractivity contribution in [3.05, 3.63) is 101 Å². The van der Waals surface area contributed by atoms with E-state index in [1.807, 2.05) is 48.7 Å². The molecule has 0 spiro atoms. The lowest BCUT2D eigenvalue weighted by Crippen LogP contribution is -2.16. The van der Waals surface area contributed by atoms with Crippen LogP contribution in [0.2, 0.25) is 0 Å². The van der Waals surface area contributed by atoms with Crippen molar-refractivity contribution >= 4 is 16.9 Å². The van der Waals surface area contributed by atoms with Gasteiger partial charge in [-0.25, -0.2) is 4.79 Å². The van der Waals surface area contributed by atoms with Crippen LogP contribution in [0.1, 0.15) is 32.6 Å². The second kappa shape index (κ2) is 10.5. The molecule has 6 heteroatoms. The molecule has 0 radical (unpaired) electrons. The van der Waals surface area contributed by atoms with Gasteiger partial charge in [0.25, 0.3) is 0 Å². The van der Waals surface area contributed by atoms with E-state index in [1.54, 1.807) is 18.2 Å². The third-order valence-corrected chi connectivity index (χ3v) is 5.48.